The summed E-state index contributed by atoms with van der Waals surface area (Å²) in [5.74, 6) is 0.860. The lowest BCUT2D eigenvalue weighted by molar-refractivity contribution is 0.295. The summed E-state index contributed by atoms with van der Waals surface area (Å²) >= 11 is 5.42. The second-order valence-corrected chi connectivity index (χ2v) is 6.52. The van der Waals surface area contributed by atoms with Crippen molar-refractivity contribution in [3.63, 3.8) is 0 Å². The molecule has 0 saturated carbocycles. The quantitative estimate of drug-likeness (QED) is 0.657. The van der Waals surface area contributed by atoms with Crippen LogP contribution in [0.3, 0.4) is 0 Å². The van der Waals surface area contributed by atoms with Gasteiger partial charge in [0, 0.05) is 19.6 Å². The first-order valence-corrected chi connectivity index (χ1v) is 9.50. The Morgan fingerprint density at radius 1 is 0.923 bits per heavy atom. The fourth-order valence-electron chi connectivity index (χ4n) is 2.74. The summed E-state index contributed by atoms with van der Waals surface area (Å²) in [6.45, 7) is 8.89. The topological polar surface area (TPSA) is 36.5 Å². The van der Waals surface area contributed by atoms with Gasteiger partial charge in [0.2, 0.25) is 0 Å². The molecule has 0 amide bonds. The van der Waals surface area contributed by atoms with Crippen LogP contribution in [0.15, 0.2) is 48.5 Å². The second kappa shape index (κ2) is 10.8. The van der Waals surface area contributed by atoms with Gasteiger partial charge in [0.15, 0.2) is 5.11 Å². The first-order valence-electron chi connectivity index (χ1n) is 9.10. The minimum absolute atomic E-state index is 0.665. The van der Waals surface area contributed by atoms with Gasteiger partial charge in [-0.25, -0.2) is 0 Å². The lowest BCUT2D eigenvalue weighted by Gasteiger charge is -2.20. The number of thiocarbonyl (C=S) groups is 1. The summed E-state index contributed by atoms with van der Waals surface area (Å²) in [5, 5.41) is 7.24. The van der Waals surface area contributed by atoms with Gasteiger partial charge in [0.1, 0.15) is 5.75 Å². The van der Waals surface area contributed by atoms with E-state index in [0.717, 1.165) is 37.5 Å². The van der Waals surface area contributed by atoms with Crippen LogP contribution in [0.2, 0.25) is 0 Å². The van der Waals surface area contributed by atoms with E-state index in [1.54, 1.807) is 7.11 Å². The van der Waals surface area contributed by atoms with Crippen molar-refractivity contribution in [2.45, 2.75) is 33.5 Å². The molecule has 2 N–H and O–H groups in total. The molecule has 0 radical (unpaired) electrons. The number of ether oxygens (including phenoxy) is 1. The predicted molar refractivity (Wildman–Crippen MR) is 112 cm³/mol. The lowest BCUT2D eigenvalue weighted by atomic mass is 10.1. The highest BCUT2D eigenvalue weighted by Crippen LogP contribution is 2.12. The van der Waals surface area contributed by atoms with E-state index in [-0.39, 0.29) is 0 Å². The molecule has 0 unspecified atom stereocenters. The summed E-state index contributed by atoms with van der Waals surface area (Å²) < 4.78 is 5.18. The van der Waals surface area contributed by atoms with Gasteiger partial charge >= 0.3 is 0 Å². The molecule has 4 nitrogen and oxygen atoms in total. The van der Waals surface area contributed by atoms with Crippen LogP contribution in [0.1, 0.15) is 30.5 Å². The highest BCUT2D eigenvalue weighted by atomic mass is 32.1. The van der Waals surface area contributed by atoms with E-state index < -0.39 is 0 Å². The maximum absolute atomic E-state index is 5.42. The molecule has 140 valence electrons. The van der Waals surface area contributed by atoms with E-state index >= 15 is 0 Å². The Labute approximate surface area is 162 Å². The molecule has 2 rings (SSSR count). The molecule has 26 heavy (non-hydrogen) atoms. The standard InChI is InChI=1S/C21H29N3OS/c1-4-24(5-2)16-19-9-7-6-8-18(19)15-23-21(26)22-14-17-10-12-20(25-3)13-11-17/h6-13H,4-5,14-16H2,1-3H3,(H2,22,23,26). The van der Waals surface area contributed by atoms with Gasteiger partial charge in [-0.05, 0) is 54.1 Å². The molecule has 0 saturated heterocycles. The smallest absolute Gasteiger partial charge is 0.166 e. The van der Waals surface area contributed by atoms with E-state index in [4.69, 9.17) is 17.0 Å². The van der Waals surface area contributed by atoms with Gasteiger partial charge < -0.3 is 15.4 Å². The predicted octanol–water partition coefficient (Wildman–Crippen LogP) is 3.70. The van der Waals surface area contributed by atoms with E-state index in [0.29, 0.717) is 11.7 Å². The summed E-state index contributed by atoms with van der Waals surface area (Å²) in [5.41, 5.74) is 3.80. The number of benzene rings is 2. The van der Waals surface area contributed by atoms with Crippen LogP contribution >= 0.6 is 12.2 Å². The molecule has 0 atom stereocenters. The summed E-state index contributed by atoms with van der Waals surface area (Å²) in [6.07, 6.45) is 0. The zero-order valence-electron chi connectivity index (χ0n) is 15.9. The Morgan fingerprint density at radius 3 is 2.15 bits per heavy atom. The summed E-state index contributed by atoms with van der Waals surface area (Å²) in [7, 11) is 1.67. The van der Waals surface area contributed by atoms with Crippen LogP contribution in [-0.4, -0.2) is 30.2 Å². The average molecular weight is 372 g/mol. The third kappa shape index (κ3) is 6.32. The first-order chi connectivity index (χ1) is 12.7. The third-order valence-electron chi connectivity index (χ3n) is 4.46. The molecular formula is C21H29N3OS. The van der Waals surface area contributed by atoms with E-state index in [2.05, 4.69) is 53.6 Å². The first kappa shape index (κ1) is 20.2. The zero-order chi connectivity index (χ0) is 18.8. The van der Waals surface area contributed by atoms with Crippen molar-refractivity contribution in [3.05, 3.63) is 65.2 Å². The van der Waals surface area contributed by atoms with Crippen LogP contribution in [0.5, 0.6) is 5.75 Å². The van der Waals surface area contributed by atoms with Crippen LogP contribution in [0.25, 0.3) is 0 Å². The van der Waals surface area contributed by atoms with Gasteiger partial charge in [-0.3, -0.25) is 4.90 Å². The Bertz CT molecular complexity index is 684. The van der Waals surface area contributed by atoms with Crippen molar-refractivity contribution in [3.8, 4) is 5.75 Å². The molecular weight excluding hydrogens is 342 g/mol. The molecule has 2 aromatic rings. The number of rotatable bonds is 9. The minimum Gasteiger partial charge on any atom is -0.497 e. The molecule has 0 aliphatic carbocycles. The van der Waals surface area contributed by atoms with Crippen LogP contribution in [0.4, 0.5) is 0 Å². The van der Waals surface area contributed by atoms with Crippen molar-refractivity contribution in [2.75, 3.05) is 20.2 Å². The van der Waals surface area contributed by atoms with Gasteiger partial charge in [-0.15, -0.1) is 0 Å². The second-order valence-electron chi connectivity index (χ2n) is 6.11. The molecule has 0 aliphatic rings. The van der Waals surface area contributed by atoms with Crippen LogP contribution in [-0.2, 0) is 19.6 Å². The van der Waals surface area contributed by atoms with Crippen molar-refractivity contribution in [1.82, 2.24) is 15.5 Å². The monoisotopic (exact) mass is 371 g/mol. The molecule has 0 spiro atoms. The Balaban J connectivity index is 1.84. The Morgan fingerprint density at radius 2 is 1.54 bits per heavy atom. The SMILES string of the molecule is CCN(CC)Cc1ccccc1CNC(=S)NCc1ccc(OC)cc1. The largest absolute Gasteiger partial charge is 0.497 e. The van der Waals surface area contributed by atoms with E-state index in [9.17, 15) is 0 Å². The highest BCUT2D eigenvalue weighted by molar-refractivity contribution is 7.80. The number of nitrogens with zero attached hydrogens (tertiary/aromatic N) is 1. The number of hydrogen-bond donors (Lipinski definition) is 2. The normalized spacial score (nSPS) is 10.6. The van der Waals surface area contributed by atoms with Gasteiger partial charge in [-0.2, -0.15) is 0 Å². The average Bonchev–Trinajstić information content (AvgIpc) is 2.70. The Hall–Kier alpha value is -2.11. The maximum atomic E-state index is 5.42. The molecule has 0 aromatic heterocycles. The molecule has 5 heteroatoms. The number of nitrogens with one attached hydrogen (secondary N) is 2. The van der Waals surface area contributed by atoms with Crippen molar-refractivity contribution in [2.24, 2.45) is 0 Å². The van der Waals surface area contributed by atoms with Gasteiger partial charge in [0.25, 0.3) is 0 Å². The highest BCUT2D eigenvalue weighted by Gasteiger charge is 2.06. The molecule has 0 fully saturated rings. The molecule has 0 heterocycles. The third-order valence-corrected chi connectivity index (χ3v) is 4.75. The van der Waals surface area contributed by atoms with Gasteiger partial charge in [-0.1, -0.05) is 50.2 Å². The van der Waals surface area contributed by atoms with Crippen LogP contribution in [0, 0.1) is 0 Å². The summed E-state index contributed by atoms with van der Waals surface area (Å²) in [6, 6.07) is 16.5. The minimum atomic E-state index is 0.665. The van der Waals surface area contributed by atoms with Crippen molar-refractivity contribution >= 4 is 17.3 Å². The van der Waals surface area contributed by atoms with Crippen molar-refractivity contribution in [1.29, 1.82) is 0 Å². The van der Waals surface area contributed by atoms with Gasteiger partial charge in [0.05, 0.1) is 7.11 Å². The van der Waals surface area contributed by atoms with E-state index in [1.165, 1.54) is 11.1 Å². The molecule has 0 aliphatic heterocycles. The zero-order valence-corrected chi connectivity index (χ0v) is 16.7. The summed E-state index contributed by atoms with van der Waals surface area (Å²) in [4.78, 5) is 2.42. The number of methoxy groups -OCH3 is 1. The van der Waals surface area contributed by atoms with Crippen LogP contribution < -0.4 is 15.4 Å². The Kier molecular flexibility index (Phi) is 8.38. The fraction of sp³-hybridized carbons (Fsp3) is 0.381. The lowest BCUT2D eigenvalue weighted by Crippen LogP contribution is -2.34. The number of hydrogen-bond acceptors (Lipinski definition) is 3. The fourth-order valence-corrected chi connectivity index (χ4v) is 2.88. The molecule has 2 aromatic carbocycles. The van der Waals surface area contributed by atoms with Crippen molar-refractivity contribution < 1.29 is 4.74 Å². The molecule has 0 bridgehead atoms. The maximum Gasteiger partial charge on any atom is 0.166 e. The van der Waals surface area contributed by atoms with E-state index in [1.807, 2.05) is 24.3 Å².